The maximum atomic E-state index is 13.5. The first-order chi connectivity index (χ1) is 17.0. The zero-order valence-electron chi connectivity index (χ0n) is 20.4. The Hall–Kier alpha value is -3.04. The Kier molecular flexibility index (Phi) is 6.97. The molecule has 1 aromatic carbocycles. The van der Waals surface area contributed by atoms with E-state index in [1.807, 2.05) is 9.80 Å². The Morgan fingerprint density at radius 2 is 1.71 bits per heavy atom. The smallest absolute Gasteiger partial charge is 0.268 e. The highest BCUT2D eigenvalue weighted by Gasteiger charge is 2.42. The van der Waals surface area contributed by atoms with Crippen LogP contribution >= 0.6 is 0 Å². The van der Waals surface area contributed by atoms with Gasteiger partial charge in [0.05, 0.1) is 24.5 Å². The summed E-state index contributed by atoms with van der Waals surface area (Å²) >= 11 is 0. The molecule has 0 bridgehead atoms. The van der Waals surface area contributed by atoms with Crippen LogP contribution in [0.5, 0.6) is 0 Å². The van der Waals surface area contributed by atoms with Crippen molar-refractivity contribution < 1.29 is 14.3 Å². The summed E-state index contributed by atoms with van der Waals surface area (Å²) in [5.41, 5.74) is 7.81. The second kappa shape index (κ2) is 10.3. The van der Waals surface area contributed by atoms with E-state index in [-0.39, 0.29) is 17.2 Å². The molecule has 1 aromatic heterocycles. The molecule has 9 nitrogen and oxygen atoms in total. The molecule has 0 aliphatic carbocycles. The van der Waals surface area contributed by atoms with E-state index in [0.717, 1.165) is 32.5 Å². The number of benzene rings is 1. The van der Waals surface area contributed by atoms with Gasteiger partial charge in [0.15, 0.2) is 0 Å². The van der Waals surface area contributed by atoms with E-state index in [0.29, 0.717) is 62.9 Å². The molecule has 2 aromatic rings. The number of aromatic nitrogens is 2. The minimum atomic E-state index is -0.697. The van der Waals surface area contributed by atoms with Gasteiger partial charge in [-0.1, -0.05) is 30.3 Å². The summed E-state index contributed by atoms with van der Waals surface area (Å²) < 4.78 is 5.39. The molecule has 4 heterocycles. The fourth-order valence-electron chi connectivity index (χ4n) is 5.65. The molecular formula is C26H34N6O3. The molecule has 0 radical (unpaired) electrons. The first kappa shape index (κ1) is 23.7. The highest BCUT2D eigenvalue weighted by molar-refractivity contribution is 6.06. The maximum absolute atomic E-state index is 13.5. The molecule has 2 N–H and O–H groups in total. The third-order valence-electron chi connectivity index (χ3n) is 7.45. The number of primary amides is 1. The van der Waals surface area contributed by atoms with Crippen LogP contribution in [-0.4, -0.2) is 90.6 Å². The number of anilines is 1. The van der Waals surface area contributed by atoms with Crippen LogP contribution in [0.25, 0.3) is 0 Å². The molecule has 35 heavy (non-hydrogen) atoms. The van der Waals surface area contributed by atoms with E-state index < -0.39 is 5.91 Å². The van der Waals surface area contributed by atoms with Crippen LogP contribution in [-0.2, 0) is 11.2 Å². The van der Waals surface area contributed by atoms with Crippen molar-refractivity contribution in [1.82, 2.24) is 19.8 Å². The highest BCUT2D eigenvalue weighted by Crippen LogP contribution is 2.33. The summed E-state index contributed by atoms with van der Waals surface area (Å²) in [6.45, 7) is 8.69. The van der Waals surface area contributed by atoms with Gasteiger partial charge in [-0.3, -0.25) is 9.59 Å². The fourth-order valence-corrected chi connectivity index (χ4v) is 5.65. The summed E-state index contributed by atoms with van der Waals surface area (Å²) in [5.74, 6) is 0.468. The van der Waals surface area contributed by atoms with Crippen molar-refractivity contribution in [3.63, 3.8) is 0 Å². The average Bonchev–Trinajstić information content (AvgIpc) is 3.43. The standard InChI is InChI=1S/C26H34N6O3/c1-18-22(23(24(27)33)29-26(28-18)31-10-12-35-13-11-31)25(34)32-16-20-14-30(15-21(20)17-32)9-5-8-19-6-3-2-4-7-19/h2-4,6-7,20-21H,5,8-17H2,1H3,(H2,27,33)/t20-,21?/m0/s1. The van der Waals surface area contributed by atoms with Crippen LogP contribution in [0.15, 0.2) is 30.3 Å². The van der Waals surface area contributed by atoms with Crippen molar-refractivity contribution in [2.24, 2.45) is 17.6 Å². The van der Waals surface area contributed by atoms with Crippen LogP contribution in [0.4, 0.5) is 5.95 Å². The first-order valence-electron chi connectivity index (χ1n) is 12.6. The molecule has 3 aliphatic rings. The van der Waals surface area contributed by atoms with Crippen molar-refractivity contribution in [1.29, 1.82) is 0 Å². The van der Waals surface area contributed by atoms with Crippen molar-refractivity contribution in [3.8, 4) is 0 Å². The van der Waals surface area contributed by atoms with Crippen LogP contribution in [0.2, 0.25) is 0 Å². The van der Waals surface area contributed by atoms with Gasteiger partial charge in [0, 0.05) is 39.3 Å². The molecule has 3 aliphatic heterocycles. The molecule has 0 spiro atoms. The van der Waals surface area contributed by atoms with Gasteiger partial charge in [0.2, 0.25) is 5.95 Å². The van der Waals surface area contributed by atoms with Crippen LogP contribution < -0.4 is 10.6 Å². The van der Waals surface area contributed by atoms with Gasteiger partial charge in [0.1, 0.15) is 5.69 Å². The molecule has 9 heteroatoms. The van der Waals surface area contributed by atoms with E-state index in [1.54, 1.807) is 6.92 Å². The number of carbonyl (C=O) groups is 2. The number of nitrogens with zero attached hydrogens (tertiary/aromatic N) is 5. The van der Waals surface area contributed by atoms with E-state index in [1.165, 1.54) is 5.56 Å². The second-order valence-electron chi connectivity index (χ2n) is 9.88. The number of hydrogen-bond donors (Lipinski definition) is 1. The minimum Gasteiger partial charge on any atom is -0.378 e. The Morgan fingerprint density at radius 3 is 2.37 bits per heavy atom. The van der Waals surface area contributed by atoms with E-state index >= 15 is 0 Å². The molecule has 5 rings (SSSR count). The first-order valence-corrected chi connectivity index (χ1v) is 12.6. The predicted molar refractivity (Wildman–Crippen MR) is 132 cm³/mol. The van der Waals surface area contributed by atoms with E-state index in [9.17, 15) is 9.59 Å². The second-order valence-corrected chi connectivity index (χ2v) is 9.88. The van der Waals surface area contributed by atoms with Gasteiger partial charge in [-0.15, -0.1) is 0 Å². The number of likely N-dealkylation sites (tertiary alicyclic amines) is 2. The fraction of sp³-hybridized carbons (Fsp3) is 0.538. The van der Waals surface area contributed by atoms with E-state index in [4.69, 9.17) is 10.5 Å². The number of nitrogens with two attached hydrogens (primary N) is 1. The molecular weight excluding hydrogens is 444 g/mol. The molecule has 186 valence electrons. The van der Waals surface area contributed by atoms with Gasteiger partial charge < -0.3 is 25.2 Å². The highest BCUT2D eigenvalue weighted by atomic mass is 16.5. The lowest BCUT2D eigenvalue weighted by Crippen LogP contribution is -2.39. The van der Waals surface area contributed by atoms with Crippen molar-refractivity contribution in [3.05, 3.63) is 52.8 Å². The van der Waals surface area contributed by atoms with E-state index in [2.05, 4.69) is 45.2 Å². The minimum absolute atomic E-state index is 0.0172. The lowest BCUT2D eigenvalue weighted by atomic mass is 10.0. The van der Waals surface area contributed by atoms with Gasteiger partial charge in [-0.25, -0.2) is 9.97 Å². The Morgan fingerprint density at radius 1 is 1.03 bits per heavy atom. The largest absolute Gasteiger partial charge is 0.378 e. The summed E-state index contributed by atoms with van der Waals surface area (Å²) in [7, 11) is 0. The summed E-state index contributed by atoms with van der Waals surface area (Å²) in [6.07, 6.45) is 2.23. The number of amides is 2. The van der Waals surface area contributed by atoms with Crippen molar-refractivity contribution in [2.45, 2.75) is 19.8 Å². The van der Waals surface area contributed by atoms with Gasteiger partial charge in [0.25, 0.3) is 11.8 Å². The lowest BCUT2D eigenvalue weighted by molar-refractivity contribution is 0.0766. The monoisotopic (exact) mass is 478 g/mol. The van der Waals surface area contributed by atoms with Gasteiger partial charge >= 0.3 is 0 Å². The third kappa shape index (κ3) is 5.16. The lowest BCUT2D eigenvalue weighted by Gasteiger charge is -2.28. The number of fused-ring (bicyclic) bond motifs is 1. The molecule has 1 unspecified atom stereocenters. The molecule has 2 amide bonds. The van der Waals surface area contributed by atoms with Crippen LogP contribution in [0.1, 0.15) is 38.5 Å². The number of aryl methyl sites for hydroxylation is 2. The Labute approximate surface area is 206 Å². The molecule has 0 saturated carbocycles. The molecule has 2 atom stereocenters. The number of ether oxygens (including phenoxy) is 1. The van der Waals surface area contributed by atoms with Gasteiger partial charge in [-0.2, -0.15) is 0 Å². The normalized spacial score (nSPS) is 22.4. The number of rotatable bonds is 7. The maximum Gasteiger partial charge on any atom is 0.268 e. The number of morpholine rings is 1. The van der Waals surface area contributed by atoms with Crippen molar-refractivity contribution in [2.75, 3.05) is 63.9 Å². The number of carbonyl (C=O) groups excluding carboxylic acids is 2. The quantitative estimate of drug-likeness (QED) is 0.641. The summed E-state index contributed by atoms with van der Waals surface area (Å²) in [6, 6.07) is 10.6. The zero-order valence-corrected chi connectivity index (χ0v) is 20.4. The van der Waals surface area contributed by atoms with Crippen LogP contribution in [0.3, 0.4) is 0 Å². The summed E-state index contributed by atoms with van der Waals surface area (Å²) in [4.78, 5) is 41.1. The summed E-state index contributed by atoms with van der Waals surface area (Å²) in [5, 5.41) is 0. The predicted octanol–water partition coefficient (Wildman–Crippen LogP) is 1.36. The van der Waals surface area contributed by atoms with Crippen molar-refractivity contribution >= 4 is 17.8 Å². The molecule has 3 saturated heterocycles. The average molecular weight is 479 g/mol. The molecule has 3 fully saturated rings. The zero-order chi connectivity index (χ0) is 24.4. The Balaban J connectivity index is 1.21. The third-order valence-corrected chi connectivity index (χ3v) is 7.45. The van der Waals surface area contributed by atoms with Gasteiger partial charge in [-0.05, 0) is 43.7 Å². The Bertz CT molecular complexity index is 1060. The number of hydrogen-bond acceptors (Lipinski definition) is 7. The topological polar surface area (TPSA) is 105 Å². The SMILES string of the molecule is Cc1nc(N2CCOCC2)nc(C(N)=O)c1C(=O)N1CC2CN(CCCc3ccccc3)C[C@H]2C1. The van der Waals surface area contributed by atoms with Crippen LogP contribution in [0, 0.1) is 18.8 Å².